The van der Waals surface area contributed by atoms with Crippen molar-refractivity contribution >= 4 is 34.3 Å². The molecule has 0 aliphatic heterocycles. The van der Waals surface area contributed by atoms with Crippen molar-refractivity contribution < 1.29 is 32.6 Å². The molecule has 7 nitrogen and oxygen atoms in total. The standard InChI is InChI=1S/C23H22F2N2O5S/c1-13-3-6-15-16(11-26)22(33-19(15)9-13)27-20(28)12-31-21(29)8-5-14-4-7-17(32-23(24)25)18(10-14)30-2/h4-5,7-8,10,13,23H,3,6,9,12H2,1-2H3,(H,27,28)/b8-5+/t13-/m1/s1. The maximum Gasteiger partial charge on any atom is 0.387 e. The van der Waals surface area contributed by atoms with Gasteiger partial charge in [-0.25, -0.2) is 4.79 Å². The number of nitrogens with zero attached hydrogens (tertiary/aromatic N) is 1. The second-order valence-electron chi connectivity index (χ2n) is 7.45. The zero-order valence-electron chi connectivity index (χ0n) is 18.0. The molecule has 2 aromatic rings. The number of esters is 1. The number of nitriles is 1. The van der Waals surface area contributed by atoms with Crippen LogP contribution in [0.4, 0.5) is 13.8 Å². The molecule has 1 aromatic heterocycles. The molecule has 0 bridgehead atoms. The van der Waals surface area contributed by atoms with Crippen LogP contribution in [0.1, 0.15) is 34.9 Å². The molecule has 0 unspecified atom stereocenters. The molecule has 174 valence electrons. The average Bonchev–Trinajstić information content (AvgIpc) is 3.12. The molecule has 1 aliphatic carbocycles. The third-order valence-electron chi connectivity index (χ3n) is 5.04. The number of carbonyl (C=O) groups is 2. The predicted molar refractivity (Wildman–Crippen MR) is 118 cm³/mol. The lowest BCUT2D eigenvalue weighted by Gasteiger charge is -2.17. The molecule has 1 aliphatic rings. The number of amides is 1. The summed E-state index contributed by atoms with van der Waals surface area (Å²) in [5.41, 5.74) is 1.96. The lowest BCUT2D eigenvalue weighted by Crippen LogP contribution is -2.20. The molecule has 0 radical (unpaired) electrons. The summed E-state index contributed by atoms with van der Waals surface area (Å²) >= 11 is 1.39. The van der Waals surface area contributed by atoms with Gasteiger partial charge in [-0.05, 0) is 54.5 Å². The topological polar surface area (TPSA) is 97.6 Å². The van der Waals surface area contributed by atoms with Gasteiger partial charge in [-0.3, -0.25) is 4.79 Å². The summed E-state index contributed by atoms with van der Waals surface area (Å²) in [5.74, 6) is -0.837. The second kappa shape index (κ2) is 10.9. The van der Waals surface area contributed by atoms with Gasteiger partial charge >= 0.3 is 12.6 Å². The highest BCUT2D eigenvalue weighted by atomic mass is 32.1. The monoisotopic (exact) mass is 476 g/mol. The first-order valence-electron chi connectivity index (χ1n) is 10.1. The summed E-state index contributed by atoms with van der Waals surface area (Å²) in [6.45, 7) is -1.35. The van der Waals surface area contributed by atoms with Gasteiger partial charge < -0.3 is 19.5 Å². The van der Waals surface area contributed by atoms with Crippen LogP contribution in [-0.2, 0) is 27.2 Å². The number of nitrogens with one attached hydrogen (secondary N) is 1. The molecular formula is C23H22F2N2O5S. The van der Waals surface area contributed by atoms with Gasteiger partial charge in [0.1, 0.15) is 11.1 Å². The number of methoxy groups -OCH3 is 1. The molecule has 10 heteroatoms. The summed E-state index contributed by atoms with van der Waals surface area (Å²) in [7, 11) is 1.30. The Morgan fingerprint density at radius 3 is 2.85 bits per heavy atom. The number of fused-ring (bicyclic) bond motifs is 1. The summed E-state index contributed by atoms with van der Waals surface area (Å²) in [4.78, 5) is 25.3. The number of hydrogen-bond donors (Lipinski definition) is 1. The molecule has 1 heterocycles. The van der Waals surface area contributed by atoms with E-state index in [2.05, 4.69) is 23.0 Å². The van der Waals surface area contributed by atoms with Gasteiger partial charge in [0.05, 0.1) is 12.7 Å². The van der Waals surface area contributed by atoms with Crippen LogP contribution >= 0.6 is 11.3 Å². The van der Waals surface area contributed by atoms with E-state index in [-0.39, 0.29) is 11.5 Å². The van der Waals surface area contributed by atoms with E-state index in [4.69, 9.17) is 9.47 Å². The number of rotatable bonds is 8. The lowest BCUT2D eigenvalue weighted by atomic mass is 9.89. The molecular weight excluding hydrogens is 454 g/mol. The number of anilines is 1. The van der Waals surface area contributed by atoms with Crippen LogP contribution in [0.3, 0.4) is 0 Å². The van der Waals surface area contributed by atoms with E-state index >= 15 is 0 Å². The first kappa shape index (κ1) is 24.2. The third kappa shape index (κ3) is 6.29. The molecule has 1 N–H and O–H groups in total. The smallest absolute Gasteiger partial charge is 0.387 e. The van der Waals surface area contributed by atoms with Crippen molar-refractivity contribution in [3.05, 3.63) is 45.8 Å². The number of thiophene rings is 1. The van der Waals surface area contributed by atoms with Crippen molar-refractivity contribution in [2.45, 2.75) is 32.8 Å². The van der Waals surface area contributed by atoms with Gasteiger partial charge in [0.25, 0.3) is 5.91 Å². The Kier molecular flexibility index (Phi) is 8.01. The minimum Gasteiger partial charge on any atom is -0.493 e. The zero-order valence-corrected chi connectivity index (χ0v) is 18.8. The minimum absolute atomic E-state index is 0.0755. The summed E-state index contributed by atoms with van der Waals surface area (Å²) < 4.78 is 39.1. The molecule has 0 saturated heterocycles. The zero-order chi connectivity index (χ0) is 24.0. The maximum atomic E-state index is 12.4. The highest BCUT2D eigenvalue weighted by molar-refractivity contribution is 7.16. The molecule has 33 heavy (non-hydrogen) atoms. The van der Waals surface area contributed by atoms with Crippen molar-refractivity contribution in [1.29, 1.82) is 5.26 Å². The molecule has 0 saturated carbocycles. The van der Waals surface area contributed by atoms with Crippen LogP contribution in [0.25, 0.3) is 6.08 Å². The molecule has 0 spiro atoms. The second-order valence-corrected chi connectivity index (χ2v) is 8.55. The third-order valence-corrected chi connectivity index (χ3v) is 6.21. The number of halogens is 2. The average molecular weight is 477 g/mol. The Hall–Kier alpha value is -3.45. The van der Waals surface area contributed by atoms with E-state index in [1.165, 1.54) is 42.7 Å². The van der Waals surface area contributed by atoms with Crippen LogP contribution in [0.5, 0.6) is 11.5 Å². The number of ether oxygens (including phenoxy) is 3. The minimum atomic E-state index is -2.99. The van der Waals surface area contributed by atoms with E-state index in [1.54, 1.807) is 0 Å². The Morgan fingerprint density at radius 1 is 1.36 bits per heavy atom. The molecule has 3 rings (SSSR count). The van der Waals surface area contributed by atoms with Gasteiger partial charge in [-0.15, -0.1) is 11.3 Å². The maximum absolute atomic E-state index is 12.4. The Labute approximate surface area is 193 Å². The number of carbonyl (C=O) groups excluding carboxylic acids is 2. The van der Waals surface area contributed by atoms with E-state index in [0.717, 1.165) is 35.8 Å². The van der Waals surface area contributed by atoms with Crippen LogP contribution in [0.2, 0.25) is 0 Å². The summed E-state index contributed by atoms with van der Waals surface area (Å²) in [6.07, 6.45) is 5.18. The Morgan fingerprint density at radius 2 is 2.15 bits per heavy atom. The normalized spacial score (nSPS) is 15.1. The van der Waals surface area contributed by atoms with Crippen LogP contribution < -0.4 is 14.8 Å². The molecule has 0 fully saturated rings. The molecule has 1 atom stereocenters. The van der Waals surface area contributed by atoms with Crippen molar-refractivity contribution in [3.8, 4) is 17.6 Å². The first-order chi connectivity index (χ1) is 15.8. The van der Waals surface area contributed by atoms with Crippen molar-refractivity contribution in [1.82, 2.24) is 0 Å². The lowest BCUT2D eigenvalue weighted by molar-refractivity contribution is -0.142. The van der Waals surface area contributed by atoms with E-state index in [1.807, 2.05) is 0 Å². The molecule has 1 aromatic carbocycles. The van der Waals surface area contributed by atoms with Crippen LogP contribution in [0, 0.1) is 17.2 Å². The predicted octanol–water partition coefficient (Wildman–Crippen LogP) is 4.55. The van der Waals surface area contributed by atoms with Crippen LogP contribution in [0.15, 0.2) is 24.3 Å². The SMILES string of the molecule is COc1cc(/C=C/C(=O)OCC(=O)Nc2sc3c(c2C#N)CC[C@@H](C)C3)ccc1OC(F)F. The largest absolute Gasteiger partial charge is 0.493 e. The van der Waals surface area contributed by atoms with Gasteiger partial charge in [-0.2, -0.15) is 14.0 Å². The Balaban J connectivity index is 1.56. The van der Waals surface area contributed by atoms with E-state index in [0.29, 0.717) is 22.0 Å². The highest BCUT2D eigenvalue weighted by Crippen LogP contribution is 2.39. The number of hydrogen-bond acceptors (Lipinski definition) is 7. The van der Waals surface area contributed by atoms with Crippen molar-refractivity contribution in [2.75, 3.05) is 19.0 Å². The van der Waals surface area contributed by atoms with Crippen molar-refractivity contribution in [3.63, 3.8) is 0 Å². The first-order valence-corrected chi connectivity index (χ1v) is 10.9. The highest BCUT2D eigenvalue weighted by Gasteiger charge is 2.24. The Bertz CT molecular complexity index is 1110. The van der Waals surface area contributed by atoms with Gasteiger partial charge in [0, 0.05) is 11.0 Å². The fourth-order valence-corrected chi connectivity index (χ4v) is 4.83. The fraction of sp³-hybridized carbons (Fsp3) is 0.348. The van der Waals surface area contributed by atoms with Gasteiger partial charge in [-0.1, -0.05) is 13.0 Å². The quantitative estimate of drug-likeness (QED) is 0.444. The van der Waals surface area contributed by atoms with Gasteiger partial charge in [0.2, 0.25) is 0 Å². The number of benzene rings is 1. The van der Waals surface area contributed by atoms with Crippen molar-refractivity contribution in [2.24, 2.45) is 5.92 Å². The molecule has 1 amide bonds. The van der Waals surface area contributed by atoms with Gasteiger partial charge in [0.15, 0.2) is 18.1 Å². The van der Waals surface area contributed by atoms with E-state index in [9.17, 15) is 23.6 Å². The number of alkyl halides is 2. The van der Waals surface area contributed by atoms with Crippen LogP contribution in [-0.4, -0.2) is 32.2 Å². The summed E-state index contributed by atoms with van der Waals surface area (Å²) in [5, 5.41) is 12.6. The fourth-order valence-electron chi connectivity index (χ4n) is 3.45. The van der Waals surface area contributed by atoms with E-state index < -0.39 is 25.1 Å². The summed E-state index contributed by atoms with van der Waals surface area (Å²) in [6, 6.07) is 6.33.